The second kappa shape index (κ2) is 11.5. The molecule has 0 aliphatic carbocycles. The Balaban J connectivity index is 1.76. The fourth-order valence-corrected chi connectivity index (χ4v) is 2.35. The average Bonchev–Trinajstić information content (AvgIpc) is 2.72. The highest BCUT2D eigenvalue weighted by Gasteiger charge is 2.14. The van der Waals surface area contributed by atoms with Gasteiger partial charge in [-0.3, -0.25) is 0 Å². The van der Waals surface area contributed by atoms with Crippen LogP contribution in [0.1, 0.15) is 40.0 Å². The van der Waals surface area contributed by atoms with Crippen molar-refractivity contribution in [3.05, 3.63) is 71.8 Å². The fourth-order valence-electron chi connectivity index (χ4n) is 2.35. The number of ether oxygens (including phenoxy) is 2. The minimum atomic E-state index is -0.616. The third kappa shape index (κ3) is 7.35. The maximum absolute atomic E-state index is 12.1. The van der Waals surface area contributed by atoms with E-state index in [2.05, 4.69) is 11.8 Å². The van der Waals surface area contributed by atoms with Crippen molar-refractivity contribution in [2.45, 2.75) is 25.4 Å². The first-order valence-corrected chi connectivity index (χ1v) is 8.78. The van der Waals surface area contributed by atoms with Crippen molar-refractivity contribution in [2.24, 2.45) is 0 Å². The number of benzene rings is 2. The molecule has 1 N–H and O–H groups in total. The fraction of sp³-hybridized carbons (Fsp3) is 0.273. The van der Waals surface area contributed by atoms with Gasteiger partial charge in [-0.25, -0.2) is 9.59 Å². The van der Waals surface area contributed by atoms with Crippen LogP contribution in [-0.2, 0) is 9.47 Å². The molecule has 5 heteroatoms. The summed E-state index contributed by atoms with van der Waals surface area (Å²) in [7, 11) is 0. The van der Waals surface area contributed by atoms with Crippen molar-refractivity contribution < 1.29 is 24.2 Å². The molecule has 2 rings (SSSR count). The van der Waals surface area contributed by atoms with Crippen molar-refractivity contribution in [3.8, 4) is 11.8 Å². The van der Waals surface area contributed by atoms with Crippen molar-refractivity contribution in [3.63, 3.8) is 0 Å². The first kappa shape index (κ1) is 20.2. The van der Waals surface area contributed by atoms with Gasteiger partial charge in [0.25, 0.3) is 0 Å². The van der Waals surface area contributed by atoms with Crippen LogP contribution >= 0.6 is 0 Å². The maximum Gasteiger partial charge on any atom is 0.339 e. The Morgan fingerprint density at radius 3 is 2.07 bits per heavy atom. The summed E-state index contributed by atoms with van der Waals surface area (Å²) in [5.41, 5.74) is 0.964. The van der Waals surface area contributed by atoms with Gasteiger partial charge in [-0.15, -0.1) is 0 Å². The van der Waals surface area contributed by atoms with Crippen LogP contribution in [0, 0.1) is 11.8 Å². The van der Waals surface area contributed by atoms with Gasteiger partial charge in [0.1, 0.15) is 6.61 Å². The molecule has 0 heterocycles. The summed E-state index contributed by atoms with van der Waals surface area (Å²) in [5.74, 6) is 4.46. The lowest BCUT2D eigenvalue weighted by molar-refractivity contribution is 0.0385. The molecular weight excluding hydrogens is 344 g/mol. The summed E-state index contributed by atoms with van der Waals surface area (Å²) in [5, 5.41) is 8.87. The van der Waals surface area contributed by atoms with E-state index in [1.807, 2.05) is 12.1 Å². The number of hydrogen-bond acceptors (Lipinski definition) is 5. The summed E-state index contributed by atoms with van der Waals surface area (Å²) < 4.78 is 10.6. The quantitative estimate of drug-likeness (QED) is 0.441. The highest BCUT2D eigenvalue weighted by molar-refractivity contribution is 5.89. The molecule has 27 heavy (non-hydrogen) atoms. The molecule has 2 aromatic carbocycles. The number of carbonyl (C=O) groups is 2. The molecule has 0 radical (unpaired) electrons. The van der Waals surface area contributed by atoms with Crippen LogP contribution in [0.25, 0.3) is 0 Å². The smallest absolute Gasteiger partial charge is 0.339 e. The monoisotopic (exact) mass is 366 g/mol. The summed E-state index contributed by atoms with van der Waals surface area (Å²) in [6.45, 7) is -0.0193. The number of esters is 2. The van der Waals surface area contributed by atoms with Crippen LogP contribution in [0.4, 0.5) is 0 Å². The minimum Gasteiger partial charge on any atom is -0.462 e. The normalized spacial score (nSPS) is 11.0. The molecule has 2 aromatic rings. The lowest BCUT2D eigenvalue weighted by Crippen LogP contribution is -2.17. The third-order valence-corrected chi connectivity index (χ3v) is 3.70. The minimum absolute atomic E-state index is 0.278. The molecular formula is C22H22O5. The zero-order valence-corrected chi connectivity index (χ0v) is 15.0. The number of unbranched alkanes of at least 4 members (excludes halogenated alkanes) is 1. The molecule has 0 saturated heterocycles. The van der Waals surface area contributed by atoms with E-state index < -0.39 is 12.1 Å². The van der Waals surface area contributed by atoms with Gasteiger partial charge in [-0.2, -0.15) is 0 Å². The van der Waals surface area contributed by atoms with Crippen molar-refractivity contribution >= 4 is 11.9 Å². The Morgan fingerprint density at radius 1 is 0.889 bits per heavy atom. The Hall–Kier alpha value is -3.10. The molecule has 0 amide bonds. The Bertz CT molecular complexity index is 775. The Kier molecular flexibility index (Phi) is 8.61. The van der Waals surface area contributed by atoms with E-state index in [9.17, 15) is 9.59 Å². The molecule has 0 spiro atoms. The van der Waals surface area contributed by atoms with E-state index in [-0.39, 0.29) is 19.2 Å². The molecule has 0 aromatic heterocycles. The molecule has 140 valence electrons. The van der Waals surface area contributed by atoms with Crippen LogP contribution < -0.4 is 0 Å². The zero-order chi connectivity index (χ0) is 19.3. The third-order valence-electron chi connectivity index (χ3n) is 3.70. The van der Waals surface area contributed by atoms with Crippen molar-refractivity contribution in [1.82, 2.24) is 0 Å². The van der Waals surface area contributed by atoms with Gasteiger partial charge < -0.3 is 14.6 Å². The van der Waals surface area contributed by atoms with E-state index in [1.165, 1.54) is 0 Å². The summed E-state index contributed by atoms with van der Waals surface area (Å²) in [4.78, 5) is 24.0. The predicted octanol–water partition coefficient (Wildman–Crippen LogP) is 3.24. The Morgan fingerprint density at radius 2 is 1.48 bits per heavy atom. The van der Waals surface area contributed by atoms with Crippen LogP contribution in [-0.4, -0.2) is 36.4 Å². The molecule has 0 aliphatic heterocycles. The topological polar surface area (TPSA) is 72.8 Å². The average molecular weight is 366 g/mol. The Labute approximate surface area is 158 Å². The number of carbonyl (C=O) groups excluding carboxylic acids is 2. The zero-order valence-electron chi connectivity index (χ0n) is 15.0. The first-order valence-electron chi connectivity index (χ1n) is 8.78. The number of rotatable bonds is 8. The number of aliphatic hydroxyl groups excluding tert-OH is 1. The van der Waals surface area contributed by atoms with E-state index in [4.69, 9.17) is 14.6 Å². The molecule has 0 fully saturated rings. The summed E-state index contributed by atoms with van der Waals surface area (Å²) in [6.07, 6.45) is 1.16. The van der Waals surface area contributed by atoms with Crippen molar-refractivity contribution in [2.75, 3.05) is 13.2 Å². The first-order chi connectivity index (χ1) is 13.2. The highest BCUT2D eigenvalue weighted by Crippen LogP contribution is 2.10. The SMILES string of the molecule is O=C(OCCCCC(C#CCO)OC(=O)c1ccccc1)c1ccccc1. The van der Waals surface area contributed by atoms with Crippen LogP contribution in [0.5, 0.6) is 0 Å². The number of aliphatic hydroxyl groups is 1. The van der Waals surface area contributed by atoms with Gasteiger partial charge in [0.15, 0.2) is 6.10 Å². The van der Waals surface area contributed by atoms with E-state index in [1.54, 1.807) is 48.5 Å². The van der Waals surface area contributed by atoms with Gasteiger partial charge >= 0.3 is 11.9 Å². The highest BCUT2D eigenvalue weighted by atomic mass is 16.5. The molecule has 0 saturated carbocycles. The van der Waals surface area contributed by atoms with E-state index in [0.29, 0.717) is 30.4 Å². The number of hydrogen-bond donors (Lipinski definition) is 1. The van der Waals surface area contributed by atoms with Gasteiger partial charge in [0.2, 0.25) is 0 Å². The van der Waals surface area contributed by atoms with Crippen LogP contribution in [0.15, 0.2) is 60.7 Å². The standard InChI is InChI=1S/C22H22O5/c23-16-9-15-20(27-22(25)19-12-5-2-6-13-19)14-7-8-17-26-21(24)18-10-3-1-4-11-18/h1-6,10-13,20,23H,7-8,14,16-17H2. The lowest BCUT2D eigenvalue weighted by Gasteiger charge is -2.12. The second-order valence-electron chi connectivity index (χ2n) is 5.74. The summed E-state index contributed by atoms with van der Waals surface area (Å²) in [6, 6.07) is 17.5. The van der Waals surface area contributed by atoms with Crippen LogP contribution in [0.2, 0.25) is 0 Å². The molecule has 0 bridgehead atoms. The lowest BCUT2D eigenvalue weighted by atomic mass is 10.1. The van der Waals surface area contributed by atoms with Gasteiger partial charge in [-0.05, 0) is 43.5 Å². The van der Waals surface area contributed by atoms with Crippen LogP contribution in [0.3, 0.4) is 0 Å². The molecule has 5 nitrogen and oxygen atoms in total. The predicted molar refractivity (Wildman–Crippen MR) is 101 cm³/mol. The largest absolute Gasteiger partial charge is 0.462 e. The summed E-state index contributed by atoms with van der Waals surface area (Å²) >= 11 is 0. The van der Waals surface area contributed by atoms with Gasteiger partial charge in [0.05, 0.1) is 17.7 Å². The van der Waals surface area contributed by atoms with Gasteiger partial charge in [0, 0.05) is 0 Å². The molecule has 0 aliphatic rings. The molecule has 1 unspecified atom stereocenters. The van der Waals surface area contributed by atoms with E-state index >= 15 is 0 Å². The second-order valence-corrected chi connectivity index (χ2v) is 5.74. The molecule has 1 atom stereocenters. The van der Waals surface area contributed by atoms with E-state index in [0.717, 1.165) is 0 Å². The maximum atomic E-state index is 12.1. The van der Waals surface area contributed by atoms with Crippen molar-refractivity contribution in [1.29, 1.82) is 0 Å². The van der Waals surface area contributed by atoms with Gasteiger partial charge in [-0.1, -0.05) is 48.2 Å².